The van der Waals surface area contributed by atoms with E-state index in [0.29, 0.717) is 18.8 Å². The maximum Gasteiger partial charge on any atom is 0.273 e. The van der Waals surface area contributed by atoms with Crippen LogP contribution in [0.15, 0.2) is 6.20 Å². The quantitative estimate of drug-likeness (QED) is 0.865. The highest BCUT2D eigenvalue weighted by atomic mass is 32.1. The number of carbonyl (C=O) groups is 1. The summed E-state index contributed by atoms with van der Waals surface area (Å²) in [5, 5.41) is 11.8. The molecule has 1 saturated heterocycles. The molecule has 124 valence electrons. The Bertz CT molecular complexity index is 656. The van der Waals surface area contributed by atoms with Gasteiger partial charge in [0.2, 0.25) is 0 Å². The Balaban J connectivity index is 1.47. The summed E-state index contributed by atoms with van der Waals surface area (Å²) in [5.41, 5.74) is 1.41. The highest BCUT2D eigenvalue weighted by Gasteiger charge is 2.18. The number of aryl methyl sites for hydroxylation is 2. The van der Waals surface area contributed by atoms with Gasteiger partial charge in [-0.2, -0.15) is 0 Å². The van der Waals surface area contributed by atoms with Gasteiger partial charge in [-0.05, 0) is 26.7 Å². The molecule has 1 aliphatic rings. The van der Waals surface area contributed by atoms with Crippen LogP contribution >= 0.6 is 11.3 Å². The Morgan fingerprint density at radius 2 is 2.39 bits per heavy atom. The lowest BCUT2D eigenvalue weighted by Gasteiger charge is -2.07. The fraction of sp³-hybridized carbons (Fsp3) is 0.600. The summed E-state index contributed by atoms with van der Waals surface area (Å²) >= 11 is 1.68. The van der Waals surface area contributed by atoms with Crippen LogP contribution in [0.5, 0.6) is 0 Å². The van der Waals surface area contributed by atoms with E-state index in [1.165, 1.54) is 4.88 Å². The Morgan fingerprint density at radius 1 is 1.52 bits per heavy atom. The highest BCUT2D eigenvalue weighted by molar-refractivity contribution is 7.11. The number of thiazole rings is 1. The van der Waals surface area contributed by atoms with Gasteiger partial charge >= 0.3 is 0 Å². The zero-order chi connectivity index (χ0) is 16.2. The molecule has 1 amide bonds. The van der Waals surface area contributed by atoms with Gasteiger partial charge in [0.25, 0.3) is 5.91 Å². The van der Waals surface area contributed by atoms with Crippen LogP contribution in [0, 0.1) is 13.8 Å². The van der Waals surface area contributed by atoms with Crippen molar-refractivity contribution in [2.45, 2.75) is 45.8 Å². The molecule has 8 heteroatoms. The van der Waals surface area contributed by atoms with Crippen LogP contribution in [0.4, 0.5) is 0 Å². The zero-order valence-electron chi connectivity index (χ0n) is 13.4. The smallest absolute Gasteiger partial charge is 0.273 e. The number of hydrogen-bond donors (Lipinski definition) is 1. The first-order valence-electron chi connectivity index (χ1n) is 7.84. The van der Waals surface area contributed by atoms with Gasteiger partial charge in [0.15, 0.2) is 5.69 Å². The summed E-state index contributed by atoms with van der Waals surface area (Å²) < 4.78 is 7.24. The van der Waals surface area contributed by atoms with Gasteiger partial charge in [0.1, 0.15) is 0 Å². The zero-order valence-corrected chi connectivity index (χ0v) is 14.2. The fourth-order valence-corrected chi connectivity index (χ4v) is 3.44. The van der Waals surface area contributed by atoms with Gasteiger partial charge in [-0.15, -0.1) is 16.4 Å². The third kappa shape index (κ3) is 4.14. The van der Waals surface area contributed by atoms with Crippen molar-refractivity contribution < 1.29 is 9.53 Å². The Hall–Kier alpha value is -1.80. The summed E-state index contributed by atoms with van der Waals surface area (Å²) in [6, 6.07) is 0. The van der Waals surface area contributed by atoms with Gasteiger partial charge in [0, 0.05) is 24.4 Å². The van der Waals surface area contributed by atoms with Gasteiger partial charge in [0.05, 0.1) is 29.5 Å². The van der Waals surface area contributed by atoms with Crippen LogP contribution < -0.4 is 5.32 Å². The summed E-state index contributed by atoms with van der Waals surface area (Å²) in [6.45, 7) is 6.06. The Kier molecular flexibility index (Phi) is 5.02. The van der Waals surface area contributed by atoms with E-state index in [0.717, 1.165) is 36.6 Å². The van der Waals surface area contributed by atoms with Crippen LogP contribution in [0.2, 0.25) is 0 Å². The second kappa shape index (κ2) is 7.18. The molecule has 0 bridgehead atoms. The molecule has 0 saturated carbocycles. The van der Waals surface area contributed by atoms with E-state index in [9.17, 15) is 4.79 Å². The molecule has 23 heavy (non-hydrogen) atoms. The Labute approximate surface area is 139 Å². The third-order valence-electron chi connectivity index (χ3n) is 3.88. The average Bonchev–Trinajstić information content (AvgIpc) is 3.23. The molecular formula is C15H21N5O2S. The van der Waals surface area contributed by atoms with E-state index in [1.54, 1.807) is 22.2 Å². The predicted octanol–water partition coefficient (Wildman–Crippen LogP) is 1.50. The molecule has 0 unspecified atom stereocenters. The lowest BCUT2D eigenvalue weighted by molar-refractivity contribution is 0.0930. The van der Waals surface area contributed by atoms with Crippen molar-refractivity contribution >= 4 is 17.2 Å². The molecule has 0 aromatic carbocycles. The number of rotatable bonds is 6. The van der Waals surface area contributed by atoms with E-state index in [2.05, 4.69) is 27.5 Å². The third-order valence-corrected chi connectivity index (χ3v) is 5.02. The van der Waals surface area contributed by atoms with Crippen molar-refractivity contribution in [3.63, 3.8) is 0 Å². The molecule has 1 aliphatic heterocycles. The molecule has 3 rings (SSSR count). The summed E-state index contributed by atoms with van der Waals surface area (Å²) in [4.78, 5) is 17.8. The monoisotopic (exact) mass is 335 g/mol. The predicted molar refractivity (Wildman–Crippen MR) is 86.6 cm³/mol. The number of carbonyl (C=O) groups excluding carboxylic acids is 1. The summed E-state index contributed by atoms with van der Waals surface area (Å²) in [5.74, 6) is -0.200. The molecule has 3 heterocycles. The van der Waals surface area contributed by atoms with Crippen LogP contribution in [-0.4, -0.2) is 45.1 Å². The normalized spacial score (nSPS) is 17.6. The van der Waals surface area contributed by atoms with E-state index < -0.39 is 0 Å². The number of nitrogens with one attached hydrogen (secondary N) is 1. The van der Waals surface area contributed by atoms with Gasteiger partial charge in [-0.1, -0.05) is 5.21 Å². The van der Waals surface area contributed by atoms with Gasteiger partial charge < -0.3 is 10.1 Å². The van der Waals surface area contributed by atoms with Crippen molar-refractivity contribution in [3.8, 4) is 0 Å². The van der Waals surface area contributed by atoms with E-state index in [4.69, 9.17) is 4.74 Å². The standard InChI is InChI=1S/C15H21N5O2S/c1-10-11(2)23-14(17-10)5-6-16-15(21)13-9-20(19-18-13)8-12-4-3-7-22-12/h9,12H,3-8H2,1-2H3,(H,16,21)/t12-/m0/s1. The fourth-order valence-electron chi connectivity index (χ4n) is 2.51. The highest BCUT2D eigenvalue weighted by Crippen LogP contribution is 2.16. The first-order chi connectivity index (χ1) is 11.1. The lowest BCUT2D eigenvalue weighted by atomic mass is 10.2. The minimum absolute atomic E-state index is 0.184. The number of ether oxygens (including phenoxy) is 1. The molecule has 2 aromatic rings. The van der Waals surface area contributed by atoms with Crippen molar-refractivity contribution in [2.75, 3.05) is 13.2 Å². The van der Waals surface area contributed by atoms with E-state index in [1.807, 2.05) is 6.92 Å². The number of aromatic nitrogens is 4. The van der Waals surface area contributed by atoms with Crippen LogP contribution in [-0.2, 0) is 17.7 Å². The number of amides is 1. The van der Waals surface area contributed by atoms with Gasteiger partial charge in [-0.3, -0.25) is 4.79 Å². The van der Waals surface area contributed by atoms with Crippen molar-refractivity contribution in [1.82, 2.24) is 25.3 Å². The molecule has 0 spiro atoms. The van der Waals surface area contributed by atoms with Crippen LogP contribution in [0.3, 0.4) is 0 Å². The molecule has 7 nitrogen and oxygen atoms in total. The number of hydrogen-bond acceptors (Lipinski definition) is 6. The van der Waals surface area contributed by atoms with Gasteiger partial charge in [-0.25, -0.2) is 9.67 Å². The molecule has 0 aliphatic carbocycles. The summed E-state index contributed by atoms with van der Waals surface area (Å²) in [7, 11) is 0. The first-order valence-corrected chi connectivity index (χ1v) is 8.66. The van der Waals surface area contributed by atoms with Crippen molar-refractivity contribution in [1.29, 1.82) is 0 Å². The topological polar surface area (TPSA) is 81.9 Å². The maximum absolute atomic E-state index is 12.1. The van der Waals surface area contributed by atoms with Crippen LogP contribution in [0.1, 0.15) is 38.9 Å². The minimum atomic E-state index is -0.200. The minimum Gasteiger partial charge on any atom is -0.376 e. The van der Waals surface area contributed by atoms with E-state index >= 15 is 0 Å². The molecule has 2 aromatic heterocycles. The second-order valence-corrected chi connectivity index (χ2v) is 7.00. The molecule has 1 atom stereocenters. The van der Waals surface area contributed by atoms with Crippen molar-refractivity contribution in [3.05, 3.63) is 27.5 Å². The first kappa shape index (κ1) is 16.1. The molecule has 1 fully saturated rings. The van der Waals surface area contributed by atoms with E-state index in [-0.39, 0.29) is 12.0 Å². The molecular weight excluding hydrogens is 314 g/mol. The van der Waals surface area contributed by atoms with Crippen LogP contribution in [0.25, 0.3) is 0 Å². The number of nitrogens with zero attached hydrogens (tertiary/aromatic N) is 4. The molecule has 0 radical (unpaired) electrons. The lowest BCUT2D eigenvalue weighted by Crippen LogP contribution is -2.26. The molecule has 1 N–H and O–H groups in total. The average molecular weight is 335 g/mol. The Morgan fingerprint density at radius 3 is 3.09 bits per heavy atom. The second-order valence-electron chi connectivity index (χ2n) is 5.72. The largest absolute Gasteiger partial charge is 0.376 e. The maximum atomic E-state index is 12.1. The van der Waals surface area contributed by atoms with Crippen molar-refractivity contribution in [2.24, 2.45) is 0 Å². The SMILES string of the molecule is Cc1nc(CCNC(=O)c2cn(C[C@@H]3CCCO3)nn2)sc1C. The summed E-state index contributed by atoms with van der Waals surface area (Å²) in [6.07, 6.45) is 4.71.